The van der Waals surface area contributed by atoms with Crippen LogP contribution in [0.3, 0.4) is 0 Å². The highest BCUT2D eigenvalue weighted by molar-refractivity contribution is 5.92. The lowest BCUT2D eigenvalue weighted by molar-refractivity contribution is 0.0557. The first-order valence-electron chi connectivity index (χ1n) is 10.2. The van der Waals surface area contributed by atoms with Crippen LogP contribution in [-0.2, 0) is 0 Å². The van der Waals surface area contributed by atoms with Crippen molar-refractivity contribution in [3.63, 3.8) is 0 Å². The first-order valence-corrected chi connectivity index (χ1v) is 10.2. The van der Waals surface area contributed by atoms with E-state index in [0.717, 1.165) is 57.8 Å². The highest BCUT2D eigenvalue weighted by Gasteiger charge is 2.31. The molecule has 2 aliphatic rings. The highest BCUT2D eigenvalue weighted by Crippen LogP contribution is 2.23. The number of piperazine rings is 1. The Morgan fingerprint density at radius 2 is 1.79 bits per heavy atom. The van der Waals surface area contributed by atoms with Crippen LogP contribution in [-0.4, -0.2) is 71.0 Å². The summed E-state index contributed by atoms with van der Waals surface area (Å²) in [5.41, 5.74) is 3.97. The molecular weight excluding hydrogens is 350 g/mol. The Labute approximate surface area is 167 Å². The van der Waals surface area contributed by atoms with Crippen molar-refractivity contribution in [2.45, 2.75) is 32.7 Å². The lowest BCUT2D eigenvalue weighted by atomic mass is 10.0. The minimum atomic E-state index is 0.00995. The Hall–Kier alpha value is -2.47. The predicted octanol–water partition coefficient (Wildman–Crippen LogP) is 2.52. The maximum absolute atomic E-state index is 12.8. The summed E-state index contributed by atoms with van der Waals surface area (Å²) in [4.78, 5) is 28.3. The molecule has 6 nitrogen and oxygen atoms in total. The zero-order valence-corrected chi connectivity index (χ0v) is 16.8. The molecule has 0 saturated carbocycles. The molecule has 0 bridgehead atoms. The summed E-state index contributed by atoms with van der Waals surface area (Å²) in [5.74, 6) is 0.00995. The molecule has 2 aromatic rings. The minimum absolute atomic E-state index is 0.00995. The molecule has 3 heterocycles. The van der Waals surface area contributed by atoms with E-state index in [1.807, 2.05) is 11.8 Å². The zero-order chi connectivity index (χ0) is 19.5. The van der Waals surface area contributed by atoms with Gasteiger partial charge in [-0.05, 0) is 38.3 Å². The number of amides is 1. The van der Waals surface area contributed by atoms with Crippen molar-refractivity contribution in [2.24, 2.45) is 0 Å². The first-order chi connectivity index (χ1) is 13.6. The van der Waals surface area contributed by atoms with Gasteiger partial charge in [-0.3, -0.25) is 14.7 Å². The molecule has 1 aromatic heterocycles. The Bertz CT molecular complexity index is 814. The number of carbonyl (C=O) groups excluding carboxylic acids is 1. The van der Waals surface area contributed by atoms with Gasteiger partial charge in [-0.1, -0.05) is 18.2 Å². The van der Waals surface area contributed by atoms with Gasteiger partial charge in [-0.25, -0.2) is 4.98 Å². The van der Waals surface area contributed by atoms with E-state index < -0.39 is 0 Å². The molecule has 6 heteroatoms. The van der Waals surface area contributed by atoms with Gasteiger partial charge in [0.2, 0.25) is 0 Å². The van der Waals surface area contributed by atoms with Crippen LogP contribution in [0.1, 0.15) is 34.6 Å². The molecule has 148 valence electrons. The van der Waals surface area contributed by atoms with E-state index in [2.05, 4.69) is 51.0 Å². The van der Waals surface area contributed by atoms with Gasteiger partial charge >= 0.3 is 0 Å². The normalized spacial score (nSPS) is 21.0. The second-order valence-corrected chi connectivity index (χ2v) is 7.90. The van der Waals surface area contributed by atoms with Crippen LogP contribution < -0.4 is 4.90 Å². The number of benzene rings is 1. The molecule has 1 atom stereocenters. The molecule has 0 aliphatic carbocycles. The molecular formula is C22H29N5O. The number of likely N-dealkylation sites (tertiary alicyclic amines) is 1. The Kier molecular flexibility index (Phi) is 5.57. The summed E-state index contributed by atoms with van der Waals surface area (Å²) < 4.78 is 0. The number of rotatable bonds is 3. The smallest absolute Gasteiger partial charge is 0.274 e. The Morgan fingerprint density at radius 1 is 1.00 bits per heavy atom. The lowest BCUT2D eigenvalue weighted by Crippen LogP contribution is -2.56. The number of carbonyl (C=O) groups is 1. The summed E-state index contributed by atoms with van der Waals surface area (Å²) in [5, 5.41) is 0. The van der Waals surface area contributed by atoms with E-state index in [1.54, 1.807) is 12.4 Å². The highest BCUT2D eigenvalue weighted by atomic mass is 16.2. The van der Waals surface area contributed by atoms with Crippen molar-refractivity contribution in [1.82, 2.24) is 19.8 Å². The molecule has 28 heavy (non-hydrogen) atoms. The monoisotopic (exact) mass is 379 g/mol. The quantitative estimate of drug-likeness (QED) is 0.820. The molecule has 1 aromatic carbocycles. The average Bonchev–Trinajstić information content (AvgIpc) is 2.74. The number of aryl methyl sites for hydroxylation is 2. The van der Waals surface area contributed by atoms with E-state index in [9.17, 15) is 4.79 Å². The van der Waals surface area contributed by atoms with Gasteiger partial charge in [0.15, 0.2) is 0 Å². The molecule has 0 N–H and O–H groups in total. The van der Waals surface area contributed by atoms with Crippen molar-refractivity contribution in [2.75, 3.05) is 44.2 Å². The molecule has 4 rings (SSSR count). The Morgan fingerprint density at radius 3 is 2.50 bits per heavy atom. The summed E-state index contributed by atoms with van der Waals surface area (Å²) in [6.45, 7) is 9.84. The number of nitrogens with zero attached hydrogens (tertiary/aromatic N) is 5. The van der Waals surface area contributed by atoms with Gasteiger partial charge < -0.3 is 9.80 Å². The van der Waals surface area contributed by atoms with E-state index in [-0.39, 0.29) is 5.91 Å². The fourth-order valence-corrected chi connectivity index (χ4v) is 4.35. The van der Waals surface area contributed by atoms with E-state index in [1.165, 1.54) is 11.3 Å². The van der Waals surface area contributed by atoms with Crippen LogP contribution in [0.5, 0.6) is 0 Å². The van der Waals surface area contributed by atoms with Crippen molar-refractivity contribution >= 4 is 11.6 Å². The number of piperidine rings is 1. The summed E-state index contributed by atoms with van der Waals surface area (Å²) >= 11 is 0. The van der Waals surface area contributed by atoms with Crippen LogP contribution >= 0.6 is 0 Å². The average molecular weight is 380 g/mol. The van der Waals surface area contributed by atoms with Crippen LogP contribution in [0.25, 0.3) is 0 Å². The molecule has 0 unspecified atom stereocenters. The molecule has 2 saturated heterocycles. The van der Waals surface area contributed by atoms with E-state index in [0.29, 0.717) is 11.7 Å². The molecule has 2 aliphatic heterocycles. The van der Waals surface area contributed by atoms with Gasteiger partial charge in [0, 0.05) is 57.2 Å². The standard InChI is InChI=1S/C22H29N5O/c1-17-6-3-4-8-21(17)26-12-10-25(11-13-26)19-7-5-9-27(16-19)22(28)20-15-23-18(2)14-24-20/h3-4,6,8,14-15,19H,5,7,9-13,16H2,1-2H3/t19-/m0/s1. The van der Waals surface area contributed by atoms with Crippen LogP contribution in [0, 0.1) is 13.8 Å². The van der Waals surface area contributed by atoms with Gasteiger partial charge in [0.05, 0.1) is 11.9 Å². The summed E-state index contributed by atoms with van der Waals surface area (Å²) in [7, 11) is 0. The third-order valence-electron chi connectivity index (χ3n) is 5.97. The van der Waals surface area contributed by atoms with Gasteiger partial charge in [0.25, 0.3) is 5.91 Å². The second kappa shape index (κ2) is 8.27. The summed E-state index contributed by atoms with van der Waals surface area (Å²) in [6.07, 6.45) is 5.48. The maximum atomic E-state index is 12.8. The van der Waals surface area contributed by atoms with Crippen molar-refractivity contribution in [3.05, 3.63) is 53.6 Å². The predicted molar refractivity (Wildman–Crippen MR) is 111 cm³/mol. The number of aromatic nitrogens is 2. The number of anilines is 1. The van der Waals surface area contributed by atoms with Crippen molar-refractivity contribution in [3.8, 4) is 0 Å². The second-order valence-electron chi connectivity index (χ2n) is 7.90. The van der Waals surface area contributed by atoms with Crippen molar-refractivity contribution < 1.29 is 4.79 Å². The minimum Gasteiger partial charge on any atom is -0.369 e. The fraction of sp³-hybridized carbons (Fsp3) is 0.500. The van der Waals surface area contributed by atoms with E-state index >= 15 is 0 Å². The first kappa shape index (κ1) is 18.9. The molecule has 0 radical (unpaired) electrons. The topological polar surface area (TPSA) is 52.6 Å². The fourth-order valence-electron chi connectivity index (χ4n) is 4.35. The molecule has 2 fully saturated rings. The van der Waals surface area contributed by atoms with Gasteiger partial charge in [-0.15, -0.1) is 0 Å². The van der Waals surface area contributed by atoms with Crippen LogP contribution in [0.15, 0.2) is 36.7 Å². The summed E-state index contributed by atoms with van der Waals surface area (Å²) in [6, 6.07) is 9.05. The van der Waals surface area contributed by atoms with Crippen LogP contribution in [0.4, 0.5) is 5.69 Å². The van der Waals surface area contributed by atoms with Gasteiger partial charge in [-0.2, -0.15) is 0 Å². The Balaban J connectivity index is 1.36. The van der Waals surface area contributed by atoms with E-state index in [4.69, 9.17) is 0 Å². The van der Waals surface area contributed by atoms with Crippen molar-refractivity contribution in [1.29, 1.82) is 0 Å². The SMILES string of the molecule is Cc1cnc(C(=O)N2CCC[C@H](N3CCN(c4ccccc4C)CC3)C2)cn1. The zero-order valence-electron chi connectivity index (χ0n) is 16.8. The lowest BCUT2D eigenvalue weighted by Gasteiger charge is -2.44. The third kappa shape index (κ3) is 4.02. The molecule has 1 amide bonds. The number of hydrogen-bond donors (Lipinski definition) is 0. The third-order valence-corrected chi connectivity index (χ3v) is 5.97. The number of para-hydroxylation sites is 1. The largest absolute Gasteiger partial charge is 0.369 e. The maximum Gasteiger partial charge on any atom is 0.274 e. The van der Waals surface area contributed by atoms with Gasteiger partial charge in [0.1, 0.15) is 5.69 Å². The van der Waals surface area contributed by atoms with Crippen LogP contribution in [0.2, 0.25) is 0 Å². The molecule has 0 spiro atoms. The number of hydrogen-bond acceptors (Lipinski definition) is 5.